The van der Waals surface area contributed by atoms with E-state index in [2.05, 4.69) is 65.8 Å². The summed E-state index contributed by atoms with van der Waals surface area (Å²) in [4.78, 5) is 26.1. The fourth-order valence-corrected chi connectivity index (χ4v) is 6.31. The molecule has 0 unspecified atom stereocenters. The van der Waals surface area contributed by atoms with Gasteiger partial charge < -0.3 is 10.8 Å². The molecule has 0 spiro atoms. The van der Waals surface area contributed by atoms with Gasteiger partial charge in [0.1, 0.15) is 0 Å². The van der Waals surface area contributed by atoms with Crippen molar-refractivity contribution in [1.29, 1.82) is 0 Å². The molecule has 0 bridgehead atoms. The lowest BCUT2D eigenvalue weighted by molar-refractivity contribution is -0.131. The zero-order valence-electron chi connectivity index (χ0n) is 30.2. The number of nitrogens with two attached hydrogens (primary N) is 1. The van der Waals surface area contributed by atoms with Gasteiger partial charge in [-0.1, -0.05) is 111 Å². The first-order valence-corrected chi connectivity index (χ1v) is 16.7. The van der Waals surface area contributed by atoms with Gasteiger partial charge in [-0.2, -0.15) is 0 Å². The highest BCUT2D eigenvalue weighted by Crippen LogP contribution is 2.41. The highest BCUT2D eigenvalue weighted by molar-refractivity contribution is 6.20. The Balaban J connectivity index is 2.07. The Labute approximate surface area is 279 Å². The Kier molecular flexibility index (Phi) is 14.4. The number of hydrogen-bond donors (Lipinski definition) is 2. The molecular formula is C42H59NO3. The maximum atomic E-state index is 13.1. The van der Waals surface area contributed by atoms with Gasteiger partial charge in [-0.15, -0.1) is 0 Å². The van der Waals surface area contributed by atoms with Gasteiger partial charge >= 0.3 is 0 Å². The zero-order valence-corrected chi connectivity index (χ0v) is 30.2. The molecule has 0 aromatic rings. The summed E-state index contributed by atoms with van der Waals surface area (Å²) in [5.41, 5.74) is 13.7. The fraction of sp³-hybridized carbons (Fsp3) is 0.476. The molecule has 0 saturated heterocycles. The Bertz CT molecular complexity index is 1350. The molecule has 0 heterocycles. The molecule has 0 radical (unpaired) electrons. The minimum absolute atomic E-state index is 0.189. The van der Waals surface area contributed by atoms with Gasteiger partial charge in [-0.25, -0.2) is 0 Å². The van der Waals surface area contributed by atoms with Crippen molar-refractivity contribution in [2.45, 2.75) is 113 Å². The molecule has 0 aromatic heterocycles. The van der Waals surface area contributed by atoms with Crippen LogP contribution in [0.15, 0.2) is 117 Å². The molecule has 0 atom stereocenters. The van der Waals surface area contributed by atoms with E-state index in [9.17, 15) is 14.7 Å². The van der Waals surface area contributed by atoms with Crippen molar-refractivity contribution in [1.82, 2.24) is 0 Å². The highest BCUT2D eigenvalue weighted by atomic mass is 16.3. The second kappa shape index (κ2) is 17.0. The lowest BCUT2D eigenvalue weighted by Crippen LogP contribution is -2.56. The van der Waals surface area contributed by atoms with Crippen molar-refractivity contribution in [2.75, 3.05) is 6.61 Å². The van der Waals surface area contributed by atoms with E-state index in [1.807, 2.05) is 38.2 Å². The molecule has 0 aliphatic heterocycles. The van der Waals surface area contributed by atoms with Gasteiger partial charge in [-0.3, -0.25) is 9.59 Å². The van der Waals surface area contributed by atoms with Crippen LogP contribution < -0.4 is 5.73 Å². The summed E-state index contributed by atoms with van der Waals surface area (Å²) in [6.07, 6.45) is 29.9. The van der Waals surface area contributed by atoms with Crippen LogP contribution in [-0.4, -0.2) is 28.8 Å². The Morgan fingerprint density at radius 3 is 1.39 bits per heavy atom. The second-order valence-corrected chi connectivity index (χ2v) is 14.7. The molecule has 4 heteroatoms. The van der Waals surface area contributed by atoms with E-state index < -0.39 is 23.7 Å². The van der Waals surface area contributed by atoms with Gasteiger partial charge in [0.15, 0.2) is 17.1 Å². The quantitative estimate of drug-likeness (QED) is 0.121. The molecule has 4 nitrogen and oxygen atoms in total. The van der Waals surface area contributed by atoms with Crippen LogP contribution in [0.3, 0.4) is 0 Å². The predicted molar refractivity (Wildman–Crippen MR) is 196 cm³/mol. The zero-order chi connectivity index (χ0) is 34.7. The van der Waals surface area contributed by atoms with Gasteiger partial charge in [-0.05, 0) is 125 Å². The molecular weight excluding hydrogens is 566 g/mol. The number of carbonyl (C=O) groups excluding carboxylic acids is 2. The molecule has 3 N–H and O–H groups in total. The topological polar surface area (TPSA) is 80.4 Å². The standard InChI is InChI=1S/C42H59NO3/c1-30(21-23-36-34(5)19-13-25-40(36,7)8)15-11-17-32(3)27-38(45)42(43,29-44)39(46)28-33(4)18-12-16-31(2)22-24-37-35(6)20-14-26-41(37,9)10/h11-12,15-18,21-24,27-28,44H,13-14,19-20,25-26,29,43H2,1-10H3/b17-11+,18-12+,23-21+,24-22+,30-15+,31-16+,32-27+,33-28+. The Morgan fingerprint density at radius 2 is 1.07 bits per heavy atom. The highest BCUT2D eigenvalue weighted by Gasteiger charge is 2.38. The lowest BCUT2D eigenvalue weighted by Gasteiger charge is -2.33. The SMILES string of the molecule is CC1=C(/C=C/C(C)=C/C=C/C(C)=C/C(=O)C(N)(CO)C(=O)/C=C(C)/C=C/C=C(C)/C=C/C2=C(C)CCCC2(C)C)C(C)(C)CCC1. The van der Waals surface area contributed by atoms with Crippen molar-refractivity contribution < 1.29 is 14.7 Å². The number of allylic oxidation sites excluding steroid dienone is 18. The van der Waals surface area contributed by atoms with Gasteiger partial charge in [0.05, 0.1) is 6.61 Å². The van der Waals surface area contributed by atoms with Crippen LogP contribution in [0.25, 0.3) is 0 Å². The minimum atomic E-state index is -2.04. The first-order chi connectivity index (χ1) is 21.4. The third kappa shape index (κ3) is 11.2. The number of carbonyl (C=O) groups is 2. The summed E-state index contributed by atoms with van der Waals surface area (Å²) in [6, 6.07) is 0. The molecule has 0 amide bonds. The van der Waals surface area contributed by atoms with Crippen LogP contribution in [0.5, 0.6) is 0 Å². The maximum Gasteiger partial charge on any atom is 0.186 e. The number of rotatable bonds is 13. The number of ketones is 2. The molecule has 250 valence electrons. The summed E-state index contributed by atoms with van der Waals surface area (Å²) in [7, 11) is 0. The molecule has 46 heavy (non-hydrogen) atoms. The van der Waals surface area contributed by atoms with Gasteiger partial charge in [0.2, 0.25) is 0 Å². The summed E-state index contributed by atoms with van der Waals surface area (Å²) in [5.74, 6) is -1.26. The van der Waals surface area contributed by atoms with Crippen LogP contribution in [0, 0.1) is 10.8 Å². The van der Waals surface area contributed by atoms with Crippen molar-refractivity contribution in [3.63, 3.8) is 0 Å². The molecule has 0 saturated carbocycles. The van der Waals surface area contributed by atoms with Crippen molar-refractivity contribution >= 4 is 11.6 Å². The molecule has 2 aliphatic carbocycles. The van der Waals surface area contributed by atoms with E-state index in [0.29, 0.717) is 11.1 Å². The van der Waals surface area contributed by atoms with Gasteiger partial charge in [0, 0.05) is 0 Å². The summed E-state index contributed by atoms with van der Waals surface area (Å²) >= 11 is 0. The lowest BCUT2D eigenvalue weighted by atomic mass is 9.72. The molecule has 0 aromatic carbocycles. The Hall–Kier alpha value is -3.34. The predicted octanol–water partition coefficient (Wildman–Crippen LogP) is 9.88. The second-order valence-electron chi connectivity index (χ2n) is 14.7. The number of hydrogen-bond acceptors (Lipinski definition) is 4. The summed E-state index contributed by atoms with van der Waals surface area (Å²) in [5, 5.41) is 9.99. The van der Waals surface area contributed by atoms with E-state index in [4.69, 9.17) is 5.73 Å². The van der Waals surface area contributed by atoms with Crippen LogP contribution >= 0.6 is 0 Å². The Morgan fingerprint density at radius 1 is 0.696 bits per heavy atom. The molecule has 2 aliphatic rings. The van der Waals surface area contributed by atoms with Crippen molar-refractivity contribution in [3.05, 3.63) is 117 Å². The fourth-order valence-electron chi connectivity index (χ4n) is 6.31. The van der Waals surface area contributed by atoms with E-state index in [1.54, 1.807) is 26.0 Å². The first-order valence-electron chi connectivity index (χ1n) is 16.7. The van der Waals surface area contributed by atoms with E-state index >= 15 is 0 Å². The monoisotopic (exact) mass is 625 g/mol. The third-order valence-corrected chi connectivity index (χ3v) is 9.39. The van der Waals surface area contributed by atoms with Crippen LogP contribution in [0.1, 0.15) is 108 Å². The summed E-state index contributed by atoms with van der Waals surface area (Å²) < 4.78 is 0. The van der Waals surface area contributed by atoms with E-state index in [1.165, 1.54) is 60.1 Å². The van der Waals surface area contributed by atoms with Crippen molar-refractivity contribution in [3.8, 4) is 0 Å². The normalized spacial score (nSPS) is 21.7. The largest absolute Gasteiger partial charge is 0.393 e. The van der Waals surface area contributed by atoms with Crippen molar-refractivity contribution in [2.24, 2.45) is 16.6 Å². The summed E-state index contributed by atoms with van der Waals surface area (Å²) in [6.45, 7) is 20.5. The molecule has 2 rings (SSSR count). The molecule has 0 fully saturated rings. The smallest absolute Gasteiger partial charge is 0.186 e. The average molecular weight is 626 g/mol. The number of aliphatic hydroxyl groups excluding tert-OH is 1. The van der Waals surface area contributed by atoms with Crippen LogP contribution in [-0.2, 0) is 9.59 Å². The van der Waals surface area contributed by atoms with Crippen LogP contribution in [0.4, 0.5) is 0 Å². The first kappa shape index (κ1) is 38.8. The minimum Gasteiger partial charge on any atom is -0.393 e. The average Bonchev–Trinajstić information content (AvgIpc) is 2.95. The maximum absolute atomic E-state index is 13.1. The van der Waals surface area contributed by atoms with E-state index in [-0.39, 0.29) is 10.8 Å². The van der Waals surface area contributed by atoms with Gasteiger partial charge in [0.25, 0.3) is 0 Å². The van der Waals surface area contributed by atoms with E-state index in [0.717, 1.165) is 24.0 Å². The number of aliphatic hydroxyl groups is 1. The van der Waals surface area contributed by atoms with Crippen LogP contribution in [0.2, 0.25) is 0 Å². The third-order valence-electron chi connectivity index (χ3n) is 9.39.